The quantitative estimate of drug-likeness (QED) is 0.683. The van der Waals surface area contributed by atoms with Crippen molar-refractivity contribution in [3.63, 3.8) is 0 Å². The molecule has 7 nitrogen and oxygen atoms in total. The summed E-state index contributed by atoms with van der Waals surface area (Å²) in [4.78, 5) is 14.0. The predicted molar refractivity (Wildman–Crippen MR) is 105 cm³/mol. The molecule has 1 amide bonds. The average molecular weight is 379 g/mol. The molecular formula is C21H25N5O2. The number of likely N-dealkylation sites (tertiary alicyclic amines) is 1. The van der Waals surface area contributed by atoms with Crippen molar-refractivity contribution in [2.75, 3.05) is 13.1 Å². The van der Waals surface area contributed by atoms with Crippen LogP contribution in [0.25, 0.3) is 11.3 Å². The molecule has 0 spiro atoms. The van der Waals surface area contributed by atoms with E-state index in [1.807, 2.05) is 47.8 Å². The molecule has 1 aliphatic heterocycles. The summed E-state index contributed by atoms with van der Waals surface area (Å²) in [6.45, 7) is 4.03. The molecule has 4 rings (SSSR count). The highest BCUT2D eigenvalue weighted by atomic mass is 16.5. The van der Waals surface area contributed by atoms with Crippen molar-refractivity contribution in [2.45, 2.75) is 32.4 Å². The van der Waals surface area contributed by atoms with Crippen LogP contribution >= 0.6 is 0 Å². The molecule has 1 fully saturated rings. The Kier molecular flexibility index (Phi) is 5.25. The second-order valence-electron chi connectivity index (χ2n) is 7.23. The first-order valence-electron chi connectivity index (χ1n) is 9.62. The van der Waals surface area contributed by atoms with Gasteiger partial charge >= 0.3 is 0 Å². The van der Waals surface area contributed by atoms with Crippen molar-refractivity contribution in [2.24, 2.45) is 7.05 Å². The number of aromatic nitrogens is 3. The normalized spacial score (nSPS) is 15.4. The van der Waals surface area contributed by atoms with Gasteiger partial charge in [0.25, 0.3) is 0 Å². The number of nitrogens with zero attached hydrogens (tertiary/aromatic N) is 4. The monoisotopic (exact) mass is 379 g/mol. The second-order valence-corrected chi connectivity index (χ2v) is 7.23. The summed E-state index contributed by atoms with van der Waals surface area (Å²) in [7, 11) is 1.91. The third kappa shape index (κ3) is 3.84. The van der Waals surface area contributed by atoms with Crippen LogP contribution in [0.1, 0.15) is 35.9 Å². The van der Waals surface area contributed by atoms with Crippen molar-refractivity contribution < 1.29 is 9.32 Å². The van der Waals surface area contributed by atoms with E-state index in [0.29, 0.717) is 19.5 Å². The zero-order valence-corrected chi connectivity index (χ0v) is 16.3. The smallest absolute Gasteiger partial charge is 0.222 e. The van der Waals surface area contributed by atoms with Crippen LogP contribution in [0, 0.1) is 6.92 Å². The number of carbonyl (C=O) groups excluding carboxylic acids is 1. The number of aryl methyl sites for hydroxylation is 1. The second kappa shape index (κ2) is 7.98. The van der Waals surface area contributed by atoms with Crippen LogP contribution in [0.3, 0.4) is 0 Å². The number of rotatable bonds is 7. The lowest BCUT2D eigenvalue weighted by molar-refractivity contribution is -0.128. The molecule has 0 radical (unpaired) electrons. The number of hydrogen-bond donors (Lipinski definition) is 1. The van der Waals surface area contributed by atoms with Gasteiger partial charge in [-0.15, -0.1) is 0 Å². The first kappa shape index (κ1) is 18.4. The SMILES string of the molecule is Cc1c(-c2cc(CNC(CN3CCCC3=O)c3ccccc3)on2)cnn1C. The van der Waals surface area contributed by atoms with E-state index >= 15 is 0 Å². The van der Waals surface area contributed by atoms with Gasteiger partial charge in [0.2, 0.25) is 5.91 Å². The first-order chi connectivity index (χ1) is 13.6. The Labute approximate surface area is 164 Å². The van der Waals surface area contributed by atoms with E-state index in [9.17, 15) is 4.79 Å². The molecule has 1 atom stereocenters. The lowest BCUT2D eigenvalue weighted by Gasteiger charge is -2.25. The fourth-order valence-electron chi connectivity index (χ4n) is 3.59. The molecule has 0 bridgehead atoms. The molecule has 7 heteroatoms. The predicted octanol–water partition coefficient (Wildman–Crippen LogP) is 2.84. The van der Waals surface area contributed by atoms with Crippen LogP contribution in [0.15, 0.2) is 47.1 Å². The molecule has 2 aromatic heterocycles. The van der Waals surface area contributed by atoms with Gasteiger partial charge in [-0.2, -0.15) is 5.10 Å². The molecule has 1 unspecified atom stereocenters. The van der Waals surface area contributed by atoms with Crippen LogP contribution in [0.4, 0.5) is 0 Å². The zero-order valence-electron chi connectivity index (χ0n) is 16.3. The first-order valence-corrected chi connectivity index (χ1v) is 9.62. The highest BCUT2D eigenvalue weighted by Gasteiger charge is 2.24. The van der Waals surface area contributed by atoms with Gasteiger partial charge in [-0.3, -0.25) is 9.48 Å². The van der Waals surface area contributed by atoms with Gasteiger partial charge in [0.15, 0.2) is 5.76 Å². The van der Waals surface area contributed by atoms with E-state index in [0.717, 1.165) is 41.2 Å². The molecule has 1 aromatic carbocycles. The Hall–Kier alpha value is -2.93. The Morgan fingerprint density at radius 1 is 1.29 bits per heavy atom. The molecule has 1 saturated heterocycles. The van der Waals surface area contributed by atoms with Crippen molar-refractivity contribution in [1.82, 2.24) is 25.2 Å². The summed E-state index contributed by atoms with van der Waals surface area (Å²) in [5.41, 5.74) is 3.96. The number of carbonyl (C=O) groups is 1. The summed E-state index contributed by atoms with van der Waals surface area (Å²) in [6.07, 6.45) is 3.39. The van der Waals surface area contributed by atoms with E-state index in [1.54, 1.807) is 6.20 Å². The fraction of sp³-hybridized carbons (Fsp3) is 0.381. The third-order valence-corrected chi connectivity index (χ3v) is 5.37. The Bertz CT molecular complexity index is 947. The van der Waals surface area contributed by atoms with Gasteiger partial charge in [0.05, 0.1) is 18.8 Å². The summed E-state index contributed by atoms with van der Waals surface area (Å²) in [6, 6.07) is 12.2. The highest BCUT2D eigenvalue weighted by Crippen LogP contribution is 2.23. The van der Waals surface area contributed by atoms with Crippen LogP contribution in [0.2, 0.25) is 0 Å². The number of benzene rings is 1. The highest BCUT2D eigenvalue weighted by molar-refractivity contribution is 5.78. The minimum absolute atomic E-state index is 0.0388. The number of amides is 1. The molecule has 0 saturated carbocycles. The van der Waals surface area contributed by atoms with Crippen LogP contribution in [-0.2, 0) is 18.4 Å². The van der Waals surface area contributed by atoms with Crippen LogP contribution in [0.5, 0.6) is 0 Å². The molecule has 1 aliphatic rings. The molecule has 0 aliphatic carbocycles. The molecule has 146 valence electrons. The third-order valence-electron chi connectivity index (χ3n) is 5.37. The van der Waals surface area contributed by atoms with Crippen LogP contribution < -0.4 is 5.32 Å². The lowest BCUT2D eigenvalue weighted by Crippen LogP contribution is -2.35. The van der Waals surface area contributed by atoms with Crippen molar-refractivity contribution in [3.8, 4) is 11.3 Å². The van der Waals surface area contributed by atoms with Gasteiger partial charge in [0.1, 0.15) is 5.69 Å². The molecule has 3 heterocycles. The van der Waals surface area contributed by atoms with E-state index in [-0.39, 0.29) is 11.9 Å². The maximum atomic E-state index is 12.1. The summed E-state index contributed by atoms with van der Waals surface area (Å²) < 4.78 is 7.35. The van der Waals surface area contributed by atoms with E-state index in [2.05, 4.69) is 27.7 Å². The molecule has 28 heavy (non-hydrogen) atoms. The maximum absolute atomic E-state index is 12.1. The Morgan fingerprint density at radius 3 is 2.79 bits per heavy atom. The van der Waals surface area contributed by atoms with Gasteiger partial charge in [-0.05, 0) is 18.9 Å². The van der Waals surface area contributed by atoms with E-state index < -0.39 is 0 Å². The van der Waals surface area contributed by atoms with Gasteiger partial charge in [-0.1, -0.05) is 35.5 Å². The molecular weight excluding hydrogens is 354 g/mol. The van der Waals surface area contributed by atoms with Crippen molar-refractivity contribution in [1.29, 1.82) is 0 Å². The van der Waals surface area contributed by atoms with Crippen molar-refractivity contribution >= 4 is 5.91 Å². The number of nitrogens with one attached hydrogen (secondary N) is 1. The van der Waals surface area contributed by atoms with Gasteiger partial charge < -0.3 is 14.7 Å². The topological polar surface area (TPSA) is 76.2 Å². The Balaban J connectivity index is 1.47. The standard InChI is InChI=1S/C21H25N5O2/c1-15-18(13-23-25(15)2)19-11-17(28-24-19)12-22-20(16-7-4-3-5-8-16)14-26-10-6-9-21(26)27/h3-5,7-8,11,13,20,22H,6,9-10,12,14H2,1-2H3. The van der Waals surface area contributed by atoms with Gasteiger partial charge in [-0.25, -0.2) is 0 Å². The lowest BCUT2D eigenvalue weighted by atomic mass is 10.1. The minimum atomic E-state index is 0.0388. The van der Waals surface area contributed by atoms with Gasteiger partial charge in [0, 0.05) is 43.9 Å². The van der Waals surface area contributed by atoms with E-state index in [1.165, 1.54) is 0 Å². The molecule has 1 N–H and O–H groups in total. The summed E-state index contributed by atoms with van der Waals surface area (Å²) >= 11 is 0. The fourth-order valence-corrected chi connectivity index (χ4v) is 3.59. The Morgan fingerprint density at radius 2 is 2.11 bits per heavy atom. The average Bonchev–Trinajstić information content (AvgIpc) is 3.42. The maximum Gasteiger partial charge on any atom is 0.222 e. The number of hydrogen-bond acceptors (Lipinski definition) is 5. The zero-order chi connectivity index (χ0) is 19.5. The van der Waals surface area contributed by atoms with E-state index in [4.69, 9.17) is 4.52 Å². The van der Waals surface area contributed by atoms with Crippen molar-refractivity contribution in [3.05, 3.63) is 59.6 Å². The largest absolute Gasteiger partial charge is 0.359 e. The summed E-state index contributed by atoms with van der Waals surface area (Å²) in [5, 5.41) is 12.0. The minimum Gasteiger partial charge on any atom is -0.359 e. The summed E-state index contributed by atoms with van der Waals surface area (Å²) in [5.74, 6) is 0.990. The molecule has 3 aromatic rings. The van der Waals surface area contributed by atoms with Crippen LogP contribution in [-0.4, -0.2) is 38.8 Å².